The number of amides is 3. The van der Waals surface area contributed by atoms with Crippen molar-refractivity contribution in [3.63, 3.8) is 0 Å². The third kappa shape index (κ3) is 9.86. The third-order valence-electron chi connectivity index (χ3n) is 4.81. The van der Waals surface area contributed by atoms with Crippen LogP contribution in [0.1, 0.15) is 39.2 Å². The van der Waals surface area contributed by atoms with Gasteiger partial charge in [-0.25, -0.2) is 4.79 Å². The fraction of sp³-hybridized carbons (Fsp3) is 0.500. The minimum absolute atomic E-state index is 0.00718. The fourth-order valence-corrected chi connectivity index (χ4v) is 3.01. The molecule has 0 aliphatic rings. The van der Waals surface area contributed by atoms with Crippen LogP contribution >= 0.6 is 0 Å². The molecule has 0 saturated carbocycles. The summed E-state index contributed by atoms with van der Waals surface area (Å²) < 4.78 is 0. The van der Waals surface area contributed by atoms with Crippen LogP contribution in [0.2, 0.25) is 0 Å². The number of carbonyl (C=O) groups excluding carboxylic acids is 3. The van der Waals surface area contributed by atoms with Crippen LogP contribution in [0.25, 0.3) is 0 Å². The van der Waals surface area contributed by atoms with E-state index in [2.05, 4.69) is 16.0 Å². The van der Waals surface area contributed by atoms with Gasteiger partial charge in [-0.15, -0.1) is 0 Å². The second-order valence-electron chi connectivity index (χ2n) is 8.40. The molecule has 188 valence electrons. The molecule has 1 aromatic carbocycles. The molecule has 0 fully saturated rings. The molecule has 8 N–H and O–H groups in total. The number of rotatable bonds is 13. The Morgan fingerprint density at radius 3 is 1.91 bits per heavy atom. The van der Waals surface area contributed by atoms with E-state index in [1.54, 1.807) is 26.0 Å². The van der Waals surface area contributed by atoms with E-state index in [-0.39, 0.29) is 24.5 Å². The molecule has 1 aromatic rings. The summed E-state index contributed by atoms with van der Waals surface area (Å²) in [5.41, 5.74) is 6.50. The van der Waals surface area contributed by atoms with Gasteiger partial charge < -0.3 is 37.0 Å². The average molecular weight is 481 g/mol. The van der Waals surface area contributed by atoms with E-state index in [9.17, 15) is 34.2 Å². The predicted molar refractivity (Wildman–Crippen MR) is 121 cm³/mol. The maximum Gasteiger partial charge on any atom is 0.326 e. The second kappa shape index (κ2) is 13.1. The number of nitrogens with two attached hydrogens (primary N) is 1. The quantitative estimate of drug-likeness (QED) is 0.191. The van der Waals surface area contributed by atoms with Crippen molar-refractivity contribution in [3.8, 4) is 5.75 Å². The molecule has 0 aromatic heterocycles. The Hall–Kier alpha value is -3.67. The molecule has 12 heteroatoms. The predicted octanol–water partition coefficient (Wildman–Crippen LogP) is -0.658. The SMILES string of the molecule is CC(C)CC(NC(=O)C(C)NC(=O)C(CC(=O)O)NC(=O)C(N)Cc1ccc(O)cc1)C(=O)O. The van der Waals surface area contributed by atoms with Crippen molar-refractivity contribution >= 4 is 29.7 Å². The lowest BCUT2D eigenvalue weighted by atomic mass is 10.0. The Morgan fingerprint density at radius 2 is 1.41 bits per heavy atom. The van der Waals surface area contributed by atoms with Gasteiger partial charge in [-0.2, -0.15) is 0 Å². The standard InChI is InChI=1S/C22H32N4O8/c1-11(2)8-17(22(33)34)26-19(30)12(3)24-21(32)16(10-18(28)29)25-20(31)15(23)9-13-4-6-14(27)7-5-13/h4-7,11-12,15-17,27H,8-10,23H2,1-3H3,(H,24,32)(H,25,31)(H,26,30)(H,28,29)(H,33,34). The van der Waals surface area contributed by atoms with Gasteiger partial charge >= 0.3 is 11.9 Å². The summed E-state index contributed by atoms with van der Waals surface area (Å²) in [5.74, 6) is -5.05. The van der Waals surface area contributed by atoms with Gasteiger partial charge in [0.15, 0.2) is 0 Å². The lowest BCUT2D eigenvalue weighted by Crippen LogP contribution is -2.57. The topological polar surface area (TPSA) is 208 Å². The van der Waals surface area contributed by atoms with E-state index in [0.29, 0.717) is 5.56 Å². The molecule has 1 rings (SSSR count). The van der Waals surface area contributed by atoms with E-state index >= 15 is 0 Å². The Morgan fingerprint density at radius 1 is 0.853 bits per heavy atom. The van der Waals surface area contributed by atoms with E-state index < -0.39 is 60.2 Å². The van der Waals surface area contributed by atoms with Crippen molar-refractivity contribution in [1.82, 2.24) is 16.0 Å². The Kier molecular flexibility index (Phi) is 11.0. The molecule has 0 saturated heterocycles. The van der Waals surface area contributed by atoms with Crippen LogP contribution in [0.3, 0.4) is 0 Å². The zero-order valence-corrected chi connectivity index (χ0v) is 19.3. The number of carbonyl (C=O) groups is 5. The summed E-state index contributed by atoms with van der Waals surface area (Å²) in [6.45, 7) is 4.88. The van der Waals surface area contributed by atoms with Gasteiger partial charge in [0.25, 0.3) is 0 Å². The minimum atomic E-state index is -1.52. The number of carboxylic acid groups (broad SMARTS) is 2. The number of nitrogens with one attached hydrogen (secondary N) is 3. The molecule has 0 radical (unpaired) electrons. The van der Waals surface area contributed by atoms with Gasteiger partial charge in [0.2, 0.25) is 17.7 Å². The maximum absolute atomic E-state index is 12.6. The molecule has 0 aliphatic carbocycles. The highest BCUT2D eigenvalue weighted by molar-refractivity contribution is 5.95. The van der Waals surface area contributed by atoms with Crippen molar-refractivity contribution in [3.05, 3.63) is 29.8 Å². The summed E-state index contributed by atoms with van der Waals surface area (Å²) in [7, 11) is 0. The molecular formula is C22H32N4O8. The van der Waals surface area contributed by atoms with Gasteiger partial charge in [0, 0.05) is 0 Å². The normalized spacial score (nSPS) is 14.4. The third-order valence-corrected chi connectivity index (χ3v) is 4.81. The van der Waals surface area contributed by atoms with Gasteiger partial charge in [-0.05, 0) is 43.4 Å². The lowest BCUT2D eigenvalue weighted by molar-refractivity contribution is -0.143. The molecule has 0 spiro atoms. The van der Waals surface area contributed by atoms with E-state index in [1.165, 1.54) is 19.1 Å². The Labute approximate surface area is 196 Å². The fourth-order valence-electron chi connectivity index (χ4n) is 3.01. The van der Waals surface area contributed by atoms with Crippen molar-refractivity contribution < 1.29 is 39.3 Å². The van der Waals surface area contributed by atoms with Crippen molar-refractivity contribution in [2.24, 2.45) is 11.7 Å². The summed E-state index contributed by atoms with van der Waals surface area (Å²) in [5, 5.41) is 34.6. The van der Waals surface area contributed by atoms with Crippen LogP contribution in [-0.4, -0.2) is 69.1 Å². The molecule has 3 amide bonds. The van der Waals surface area contributed by atoms with Crippen LogP contribution in [0.4, 0.5) is 0 Å². The molecule has 0 bridgehead atoms. The minimum Gasteiger partial charge on any atom is -0.508 e. The molecule has 0 aliphatic heterocycles. The number of aromatic hydroxyl groups is 1. The highest BCUT2D eigenvalue weighted by atomic mass is 16.4. The van der Waals surface area contributed by atoms with Gasteiger partial charge in [-0.1, -0.05) is 26.0 Å². The lowest BCUT2D eigenvalue weighted by Gasteiger charge is -2.23. The molecule has 4 atom stereocenters. The van der Waals surface area contributed by atoms with E-state index in [4.69, 9.17) is 10.8 Å². The van der Waals surface area contributed by atoms with Crippen LogP contribution in [0.15, 0.2) is 24.3 Å². The molecule has 12 nitrogen and oxygen atoms in total. The van der Waals surface area contributed by atoms with Crippen molar-refractivity contribution in [1.29, 1.82) is 0 Å². The van der Waals surface area contributed by atoms with Crippen LogP contribution in [0.5, 0.6) is 5.75 Å². The largest absolute Gasteiger partial charge is 0.508 e. The second-order valence-corrected chi connectivity index (χ2v) is 8.40. The summed E-state index contributed by atoms with van der Waals surface area (Å²) in [6, 6.07) is 0.993. The van der Waals surface area contributed by atoms with Crippen LogP contribution in [-0.2, 0) is 30.4 Å². The Bertz CT molecular complexity index is 887. The van der Waals surface area contributed by atoms with E-state index in [0.717, 1.165) is 0 Å². The molecule has 4 unspecified atom stereocenters. The first-order chi connectivity index (χ1) is 15.8. The number of aliphatic carboxylic acids is 2. The highest BCUT2D eigenvalue weighted by Gasteiger charge is 2.30. The van der Waals surface area contributed by atoms with Crippen molar-refractivity contribution in [2.75, 3.05) is 0 Å². The smallest absolute Gasteiger partial charge is 0.326 e. The number of benzene rings is 1. The van der Waals surface area contributed by atoms with Crippen LogP contribution in [0, 0.1) is 5.92 Å². The maximum atomic E-state index is 12.6. The first-order valence-electron chi connectivity index (χ1n) is 10.7. The Balaban J connectivity index is 2.78. The summed E-state index contributed by atoms with van der Waals surface area (Å²) in [4.78, 5) is 59.9. The first-order valence-corrected chi connectivity index (χ1v) is 10.7. The zero-order chi connectivity index (χ0) is 26.0. The zero-order valence-electron chi connectivity index (χ0n) is 19.3. The number of phenolic OH excluding ortho intramolecular Hbond substituents is 1. The summed E-state index contributed by atoms with van der Waals surface area (Å²) in [6.07, 6.45) is -0.514. The summed E-state index contributed by atoms with van der Waals surface area (Å²) >= 11 is 0. The van der Waals surface area contributed by atoms with Crippen molar-refractivity contribution in [2.45, 2.75) is 64.2 Å². The molecular weight excluding hydrogens is 448 g/mol. The number of phenols is 1. The van der Waals surface area contributed by atoms with Crippen LogP contribution < -0.4 is 21.7 Å². The van der Waals surface area contributed by atoms with E-state index in [1.807, 2.05) is 0 Å². The number of carboxylic acids is 2. The van der Waals surface area contributed by atoms with Gasteiger partial charge in [0.1, 0.15) is 23.9 Å². The first kappa shape index (κ1) is 28.4. The molecule has 0 heterocycles. The number of hydrogen-bond donors (Lipinski definition) is 7. The monoisotopic (exact) mass is 480 g/mol. The number of hydrogen-bond acceptors (Lipinski definition) is 7. The average Bonchev–Trinajstić information content (AvgIpc) is 2.73. The van der Waals surface area contributed by atoms with Gasteiger partial charge in [-0.3, -0.25) is 19.2 Å². The van der Waals surface area contributed by atoms with Gasteiger partial charge in [0.05, 0.1) is 12.5 Å². The molecule has 34 heavy (non-hydrogen) atoms. The highest BCUT2D eigenvalue weighted by Crippen LogP contribution is 2.11.